The van der Waals surface area contributed by atoms with E-state index in [0.717, 1.165) is 5.70 Å². The molecule has 2 aromatic rings. The Labute approximate surface area is 132 Å². The molecule has 0 atom stereocenters. The fourth-order valence-electron chi connectivity index (χ4n) is 1.78. The van der Waals surface area contributed by atoms with Crippen LogP contribution in [-0.4, -0.2) is 43.7 Å². The monoisotopic (exact) mass is 315 g/mol. The first-order valence-electron chi connectivity index (χ1n) is 6.71. The maximum atomic E-state index is 11.1. The normalized spacial score (nSPS) is 12.3. The van der Waals surface area contributed by atoms with Gasteiger partial charge in [-0.2, -0.15) is 10.1 Å². The molecule has 0 aliphatic heterocycles. The van der Waals surface area contributed by atoms with Gasteiger partial charge in [0.05, 0.1) is 5.69 Å². The number of aryl methyl sites for hydroxylation is 1. The van der Waals surface area contributed by atoms with Crippen LogP contribution in [0.3, 0.4) is 0 Å². The number of aliphatic imine (C=N–C) groups is 1. The molecule has 120 valence electrons. The molecule has 23 heavy (non-hydrogen) atoms. The Balaban J connectivity index is 2.35. The summed E-state index contributed by atoms with van der Waals surface area (Å²) < 4.78 is 1.27. The molecular formula is C14H17N7O2. The molecule has 0 saturated carbocycles. The van der Waals surface area contributed by atoms with Crippen LogP contribution in [0.15, 0.2) is 35.1 Å². The van der Waals surface area contributed by atoms with Gasteiger partial charge < -0.3 is 16.2 Å². The van der Waals surface area contributed by atoms with Crippen LogP contribution in [0.1, 0.15) is 17.4 Å². The number of allylic oxidation sites excluding steroid dienone is 1. The van der Waals surface area contributed by atoms with E-state index in [9.17, 15) is 4.79 Å². The summed E-state index contributed by atoms with van der Waals surface area (Å²) in [5, 5.41) is 16.1. The molecule has 9 heteroatoms. The number of nitrogens with zero attached hydrogens (tertiary/aromatic N) is 5. The Morgan fingerprint density at radius 1 is 1.48 bits per heavy atom. The standard InChI is InChI=1S/C14H17N7O2/c1-8(16-2)6-12(15)19-14-17-5-4-9(18-14)10-7-11(13(22)23)21(3)20-10/h4-7,16H,1-3H3,(H,22,23)(H2,15,17,18,19)/b8-6-. The van der Waals surface area contributed by atoms with Crippen molar-refractivity contribution in [3.05, 3.63) is 35.8 Å². The number of aromatic nitrogens is 4. The van der Waals surface area contributed by atoms with E-state index in [1.165, 1.54) is 16.9 Å². The maximum absolute atomic E-state index is 11.1. The molecule has 0 saturated heterocycles. The first kappa shape index (κ1) is 16.1. The highest BCUT2D eigenvalue weighted by Gasteiger charge is 2.14. The highest BCUT2D eigenvalue weighted by atomic mass is 16.4. The lowest BCUT2D eigenvalue weighted by molar-refractivity contribution is 0.0685. The van der Waals surface area contributed by atoms with Crippen molar-refractivity contribution in [3.63, 3.8) is 0 Å². The van der Waals surface area contributed by atoms with Crippen LogP contribution < -0.4 is 11.1 Å². The molecule has 2 rings (SSSR count). The summed E-state index contributed by atoms with van der Waals surface area (Å²) in [4.78, 5) is 23.4. The molecule has 0 aromatic carbocycles. The lowest BCUT2D eigenvalue weighted by Gasteiger charge is -2.00. The molecule has 2 aromatic heterocycles. The first-order valence-corrected chi connectivity index (χ1v) is 6.71. The van der Waals surface area contributed by atoms with Crippen molar-refractivity contribution < 1.29 is 9.90 Å². The average molecular weight is 315 g/mol. The van der Waals surface area contributed by atoms with Crippen LogP contribution in [0.2, 0.25) is 0 Å². The molecule has 0 aliphatic rings. The van der Waals surface area contributed by atoms with E-state index in [1.54, 1.807) is 26.2 Å². The number of hydrogen-bond acceptors (Lipinski definition) is 6. The van der Waals surface area contributed by atoms with E-state index in [1.807, 2.05) is 6.92 Å². The van der Waals surface area contributed by atoms with E-state index >= 15 is 0 Å². The van der Waals surface area contributed by atoms with Gasteiger partial charge in [-0.15, -0.1) is 0 Å². The zero-order valence-electron chi connectivity index (χ0n) is 13.0. The minimum atomic E-state index is -1.06. The van der Waals surface area contributed by atoms with Gasteiger partial charge in [-0.3, -0.25) is 4.68 Å². The van der Waals surface area contributed by atoms with Gasteiger partial charge in [0.1, 0.15) is 17.2 Å². The van der Waals surface area contributed by atoms with E-state index < -0.39 is 5.97 Å². The van der Waals surface area contributed by atoms with Crippen molar-refractivity contribution in [2.45, 2.75) is 6.92 Å². The number of carboxylic acids is 1. The minimum Gasteiger partial charge on any atom is -0.477 e. The van der Waals surface area contributed by atoms with Gasteiger partial charge >= 0.3 is 5.97 Å². The van der Waals surface area contributed by atoms with Crippen LogP contribution in [0.5, 0.6) is 0 Å². The maximum Gasteiger partial charge on any atom is 0.354 e. The zero-order valence-corrected chi connectivity index (χ0v) is 13.0. The fourth-order valence-corrected chi connectivity index (χ4v) is 1.78. The van der Waals surface area contributed by atoms with E-state index in [2.05, 4.69) is 25.4 Å². The smallest absolute Gasteiger partial charge is 0.354 e. The Morgan fingerprint density at radius 3 is 2.83 bits per heavy atom. The third kappa shape index (κ3) is 3.90. The Hall–Kier alpha value is -3.23. The van der Waals surface area contributed by atoms with Crippen molar-refractivity contribution in [2.24, 2.45) is 17.8 Å². The fraction of sp³-hybridized carbons (Fsp3) is 0.214. The second kappa shape index (κ2) is 6.69. The third-order valence-electron chi connectivity index (χ3n) is 2.99. The van der Waals surface area contributed by atoms with E-state index in [4.69, 9.17) is 10.8 Å². The summed E-state index contributed by atoms with van der Waals surface area (Å²) >= 11 is 0. The van der Waals surface area contributed by atoms with Crippen LogP contribution in [0, 0.1) is 0 Å². The second-order valence-corrected chi connectivity index (χ2v) is 4.70. The lowest BCUT2D eigenvalue weighted by Crippen LogP contribution is -2.12. The van der Waals surface area contributed by atoms with Crippen molar-refractivity contribution in [1.82, 2.24) is 25.1 Å². The summed E-state index contributed by atoms with van der Waals surface area (Å²) in [5.41, 5.74) is 7.59. The average Bonchev–Trinajstić information content (AvgIpc) is 2.89. The van der Waals surface area contributed by atoms with Gasteiger partial charge in [-0.1, -0.05) is 0 Å². The molecule has 4 N–H and O–H groups in total. The van der Waals surface area contributed by atoms with E-state index in [0.29, 0.717) is 11.4 Å². The molecule has 0 unspecified atom stereocenters. The minimum absolute atomic E-state index is 0.0655. The number of carboxylic acid groups (broad SMARTS) is 1. The van der Waals surface area contributed by atoms with Crippen molar-refractivity contribution >= 4 is 17.8 Å². The Kier molecular flexibility index (Phi) is 4.69. The van der Waals surface area contributed by atoms with Crippen LogP contribution in [-0.2, 0) is 7.05 Å². The lowest BCUT2D eigenvalue weighted by atomic mass is 10.3. The molecule has 0 radical (unpaired) electrons. The third-order valence-corrected chi connectivity index (χ3v) is 2.99. The topological polar surface area (TPSA) is 131 Å². The number of nitrogens with two attached hydrogens (primary N) is 1. The molecular weight excluding hydrogens is 298 g/mol. The zero-order chi connectivity index (χ0) is 17.0. The van der Waals surface area contributed by atoms with Gasteiger partial charge in [0.2, 0.25) is 0 Å². The molecule has 2 heterocycles. The van der Waals surface area contributed by atoms with Gasteiger partial charge in [0.15, 0.2) is 0 Å². The van der Waals surface area contributed by atoms with Crippen LogP contribution in [0.25, 0.3) is 11.4 Å². The number of aromatic carboxylic acids is 1. The predicted molar refractivity (Wildman–Crippen MR) is 85.3 cm³/mol. The summed E-state index contributed by atoms with van der Waals surface area (Å²) in [6.07, 6.45) is 3.16. The SMILES string of the molecule is CN/C(C)=C\C(N)=N\c1nccc(-c2cc(C(=O)O)n(C)n2)n1. The Bertz CT molecular complexity index is 792. The highest BCUT2D eigenvalue weighted by molar-refractivity contribution is 5.93. The summed E-state index contributed by atoms with van der Waals surface area (Å²) in [5.74, 6) is -0.639. The number of amidine groups is 1. The highest BCUT2D eigenvalue weighted by Crippen LogP contribution is 2.18. The quantitative estimate of drug-likeness (QED) is 0.546. The van der Waals surface area contributed by atoms with Crippen molar-refractivity contribution in [2.75, 3.05) is 7.05 Å². The molecule has 0 aliphatic carbocycles. The van der Waals surface area contributed by atoms with Gasteiger partial charge in [-0.05, 0) is 19.1 Å². The second-order valence-electron chi connectivity index (χ2n) is 4.70. The Morgan fingerprint density at radius 2 is 2.22 bits per heavy atom. The molecule has 0 bridgehead atoms. The molecule has 0 amide bonds. The molecule has 0 fully saturated rings. The molecule has 9 nitrogen and oxygen atoms in total. The number of carbonyl (C=O) groups is 1. The van der Waals surface area contributed by atoms with Crippen LogP contribution in [0.4, 0.5) is 5.95 Å². The van der Waals surface area contributed by atoms with Gasteiger partial charge in [-0.25, -0.2) is 14.8 Å². The number of rotatable bonds is 5. The van der Waals surface area contributed by atoms with Crippen molar-refractivity contribution in [1.29, 1.82) is 0 Å². The van der Waals surface area contributed by atoms with Gasteiger partial charge in [0, 0.05) is 32.1 Å². The first-order chi connectivity index (χ1) is 10.9. The number of nitrogens with one attached hydrogen (secondary N) is 1. The largest absolute Gasteiger partial charge is 0.477 e. The summed E-state index contributed by atoms with van der Waals surface area (Å²) in [6.45, 7) is 1.85. The van der Waals surface area contributed by atoms with Gasteiger partial charge in [0.25, 0.3) is 5.95 Å². The summed E-state index contributed by atoms with van der Waals surface area (Å²) in [7, 11) is 3.33. The predicted octanol–water partition coefficient (Wildman–Crippen LogP) is 0.687. The van der Waals surface area contributed by atoms with Crippen molar-refractivity contribution in [3.8, 4) is 11.4 Å². The molecule has 0 spiro atoms. The van der Waals surface area contributed by atoms with Crippen LogP contribution >= 0.6 is 0 Å². The van der Waals surface area contributed by atoms with E-state index in [-0.39, 0.29) is 17.5 Å². The number of hydrogen-bond donors (Lipinski definition) is 3. The summed E-state index contributed by atoms with van der Waals surface area (Å²) in [6, 6.07) is 3.06.